The van der Waals surface area contributed by atoms with Gasteiger partial charge in [-0.25, -0.2) is 0 Å². The van der Waals surface area contributed by atoms with Crippen LogP contribution in [0, 0.1) is 0 Å². The molecular weight excluding hydrogens is 186 g/mol. The zero-order valence-electron chi connectivity index (χ0n) is 8.48. The summed E-state index contributed by atoms with van der Waals surface area (Å²) in [5, 5.41) is 2.36. The van der Waals surface area contributed by atoms with Gasteiger partial charge in [0.1, 0.15) is 0 Å². The van der Waals surface area contributed by atoms with E-state index in [0.29, 0.717) is 6.54 Å². The zero-order chi connectivity index (χ0) is 10.3. The van der Waals surface area contributed by atoms with Crippen molar-refractivity contribution in [3.8, 4) is 0 Å². The smallest absolute Gasteiger partial charge is 0.0350 e. The molecule has 2 heterocycles. The molecule has 3 nitrogen and oxygen atoms in total. The molecule has 0 bridgehead atoms. The van der Waals surface area contributed by atoms with E-state index < -0.39 is 0 Å². The van der Waals surface area contributed by atoms with Crippen molar-refractivity contribution in [3.05, 3.63) is 36.4 Å². The summed E-state index contributed by atoms with van der Waals surface area (Å²) < 4.78 is 0. The average Bonchev–Trinajstić information content (AvgIpc) is 3.09. The molecule has 2 aromatic heterocycles. The van der Waals surface area contributed by atoms with Crippen LogP contribution in [-0.4, -0.2) is 16.5 Å². The summed E-state index contributed by atoms with van der Waals surface area (Å²) in [5.41, 5.74) is 7.31. The fraction of sp³-hybridized carbons (Fsp3) is 0.333. The molecule has 2 aromatic rings. The fourth-order valence-corrected chi connectivity index (χ4v) is 2.16. The molecule has 0 atom stereocenters. The monoisotopic (exact) mass is 199 g/mol. The molecule has 0 unspecified atom stereocenters. The Morgan fingerprint density at radius 2 is 2.07 bits per heavy atom. The van der Waals surface area contributed by atoms with Crippen molar-refractivity contribution in [1.82, 2.24) is 9.97 Å². The van der Waals surface area contributed by atoms with Crippen molar-refractivity contribution in [2.45, 2.75) is 18.3 Å². The molecule has 0 saturated heterocycles. The Hall–Kier alpha value is -1.48. The Kier molecular flexibility index (Phi) is 1.76. The lowest BCUT2D eigenvalue weighted by molar-refractivity contribution is 0.707. The maximum Gasteiger partial charge on any atom is 0.0350 e. The highest BCUT2D eigenvalue weighted by Gasteiger charge is 2.44. The van der Waals surface area contributed by atoms with Gasteiger partial charge >= 0.3 is 0 Å². The van der Waals surface area contributed by atoms with Gasteiger partial charge in [0.2, 0.25) is 0 Å². The van der Waals surface area contributed by atoms with E-state index in [-0.39, 0.29) is 5.41 Å². The van der Waals surface area contributed by atoms with Crippen LogP contribution in [0.1, 0.15) is 18.4 Å². The van der Waals surface area contributed by atoms with Crippen molar-refractivity contribution in [1.29, 1.82) is 0 Å². The van der Waals surface area contributed by atoms with Crippen LogP contribution in [0.25, 0.3) is 10.8 Å². The second kappa shape index (κ2) is 3.00. The third kappa shape index (κ3) is 1.23. The van der Waals surface area contributed by atoms with Gasteiger partial charge < -0.3 is 5.73 Å². The largest absolute Gasteiger partial charge is 0.330 e. The van der Waals surface area contributed by atoms with E-state index >= 15 is 0 Å². The van der Waals surface area contributed by atoms with Gasteiger partial charge in [-0.05, 0) is 24.5 Å². The van der Waals surface area contributed by atoms with E-state index in [1.165, 1.54) is 23.8 Å². The number of rotatable bonds is 2. The van der Waals surface area contributed by atoms with E-state index in [2.05, 4.69) is 9.97 Å². The van der Waals surface area contributed by atoms with E-state index in [4.69, 9.17) is 5.73 Å². The third-order valence-corrected chi connectivity index (χ3v) is 3.38. The van der Waals surface area contributed by atoms with Gasteiger partial charge in [-0.3, -0.25) is 9.97 Å². The number of fused-ring (bicyclic) bond motifs is 1. The Labute approximate surface area is 88.3 Å². The summed E-state index contributed by atoms with van der Waals surface area (Å²) >= 11 is 0. The normalized spacial score (nSPS) is 17.9. The van der Waals surface area contributed by atoms with Crippen LogP contribution in [0.5, 0.6) is 0 Å². The lowest BCUT2D eigenvalue weighted by atomic mass is 9.94. The summed E-state index contributed by atoms with van der Waals surface area (Å²) in [4.78, 5) is 8.46. The van der Waals surface area contributed by atoms with Crippen LogP contribution in [0.2, 0.25) is 0 Å². The van der Waals surface area contributed by atoms with E-state index in [9.17, 15) is 0 Å². The highest BCUT2D eigenvalue weighted by Crippen LogP contribution is 2.48. The molecule has 1 fully saturated rings. The Balaban J connectivity index is 2.27. The van der Waals surface area contributed by atoms with Gasteiger partial charge in [0.15, 0.2) is 0 Å². The first kappa shape index (κ1) is 8.80. The Morgan fingerprint density at radius 3 is 2.80 bits per heavy atom. The number of nitrogens with two attached hydrogens (primary N) is 1. The van der Waals surface area contributed by atoms with E-state index in [1.54, 1.807) is 6.20 Å². The maximum atomic E-state index is 5.84. The Bertz CT molecular complexity index is 498. The molecule has 1 aliphatic rings. The highest BCUT2D eigenvalue weighted by atomic mass is 14.7. The SMILES string of the molecule is NCC1(c2cncc3ccncc23)CC1. The standard InChI is InChI=1S/C12H13N3/c13-8-12(2-3-12)11-7-15-5-9-1-4-14-6-10(9)11/h1,4-7H,2-3,8,13H2. The van der Waals surface area contributed by atoms with E-state index in [1.807, 2.05) is 24.7 Å². The van der Waals surface area contributed by atoms with Crippen LogP contribution in [-0.2, 0) is 5.41 Å². The minimum absolute atomic E-state index is 0.190. The van der Waals surface area contributed by atoms with Gasteiger partial charge in [0.05, 0.1) is 0 Å². The predicted octanol–water partition coefficient (Wildman–Crippen LogP) is 1.62. The predicted molar refractivity (Wildman–Crippen MR) is 59.5 cm³/mol. The molecular formula is C12H13N3. The number of hydrogen-bond donors (Lipinski definition) is 1. The van der Waals surface area contributed by atoms with Crippen molar-refractivity contribution in [2.75, 3.05) is 6.54 Å². The van der Waals surface area contributed by atoms with Gasteiger partial charge in [-0.1, -0.05) is 0 Å². The number of aromatic nitrogens is 2. The van der Waals surface area contributed by atoms with Crippen molar-refractivity contribution < 1.29 is 0 Å². The summed E-state index contributed by atoms with van der Waals surface area (Å²) in [6.45, 7) is 0.711. The molecule has 1 aliphatic carbocycles. The van der Waals surface area contributed by atoms with Crippen LogP contribution in [0.4, 0.5) is 0 Å². The molecule has 15 heavy (non-hydrogen) atoms. The molecule has 76 valence electrons. The summed E-state index contributed by atoms with van der Waals surface area (Å²) in [5.74, 6) is 0. The first-order valence-corrected chi connectivity index (χ1v) is 5.24. The summed E-state index contributed by atoms with van der Waals surface area (Å²) in [6, 6.07) is 2.00. The molecule has 0 amide bonds. The Morgan fingerprint density at radius 1 is 1.20 bits per heavy atom. The van der Waals surface area contributed by atoms with Crippen LogP contribution >= 0.6 is 0 Å². The molecule has 3 heteroatoms. The quantitative estimate of drug-likeness (QED) is 0.799. The van der Waals surface area contributed by atoms with Crippen LogP contribution in [0.15, 0.2) is 30.9 Å². The molecule has 0 aliphatic heterocycles. The second-order valence-corrected chi connectivity index (χ2v) is 4.27. The van der Waals surface area contributed by atoms with Crippen molar-refractivity contribution in [2.24, 2.45) is 5.73 Å². The summed E-state index contributed by atoms with van der Waals surface area (Å²) in [6.07, 6.45) is 9.91. The second-order valence-electron chi connectivity index (χ2n) is 4.27. The van der Waals surface area contributed by atoms with Gasteiger partial charge in [0, 0.05) is 47.5 Å². The van der Waals surface area contributed by atoms with Crippen LogP contribution < -0.4 is 5.73 Å². The van der Waals surface area contributed by atoms with Gasteiger partial charge in [0.25, 0.3) is 0 Å². The molecule has 2 N–H and O–H groups in total. The number of nitrogens with zero attached hydrogens (tertiary/aromatic N) is 2. The van der Waals surface area contributed by atoms with Crippen LogP contribution in [0.3, 0.4) is 0 Å². The van der Waals surface area contributed by atoms with Gasteiger partial charge in [-0.2, -0.15) is 0 Å². The summed E-state index contributed by atoms with van der Waals surface area (Å²) in [7, 11) is 0. The van der Waals surface area contributed by atoms with Crippen molar-refractivity contribution in [3.63, 3.8) is 0 Å². The molecule has 0 spiro atoms. The molecule has 3 rings (SSSR count). The topological polar surface area (TPSA) is 51.8 Å². The third-order valence-electron chi connectivity index (χ3n) is 3.38. The van der Waals surface area contributed by atoms with Gasteiger partial charge in [-0.15, -0.1) is 0 Å². The molecule has 0 radical (unpaired) electrons. The number of hydrogen-bond acceptors (Lipinski definition) is 3. The average molecular weight is 199 g/mol. The van der Waals surface area contributed by atoms with E-state index in [0.717, 1.165) is 5.39 Å². The molecule has 0 aromatic carbocycles. The van der Waals surface area contributed by atoms with Crippen molar-refractivity contribution >= 4 is 10.8 Å². The minimum atomic E-state index is 0.190. The highest BCUT2D eigenvalue weighted by molar-refractivity contribution is 5.85. The first-order valence-electron chi connectivity index (χ1n) is 5.24. The lowest BCUT2D eigenvalue weighted by Crippen LogP contribution is -2.20. The first-order chi connectivity index (χ1) is 7.36. The number of pyridine rings is 2. The maximum absolute atomic E-state index is 5.84. The minimum Gasteiger partial charge on any atom is -0.330 e. The molecule has 1 saturated carbocycles. The fourth-order valence-electron chi connectivity index (χ4n) is 2.16. The lowest BCUT2D eigenvalue weighted by Gasteiger charge is -2.14. The zero-order valence-corrected chi connectivity index (χ0v) is 8.48.